The summed E-state index contributed by atoms with van der Waals surface area (Å²) >= 11 is 1.37. The summed E-state index contributed by atoms with van der Waals surface area (Å²) in [6, 6.07) is 10.6. The molecule has 2 heteroatoms. The van der Waals surface area contributed by atoms with Crippen LogP contribution in [0.4, 0.5) is 0 Å². The first-order valence-corrected chi connectivity index (χ1v) is 8.85. The van der Waals surface area contributed by atoms with E-state index in [1.165, 1.54) is 5.56 Å². The van der Waals surface area contributed by atoms with Crippen LogP contribution < -0.4 is 0 Å². The molecule has 12 heavy (non-hydrogen) atoms. The molecule has 0 nitrogen and oxygen atoms in total. The molecule has 0 N–H and O–H groups in total. The first-order chi connectivity index (χ1) is 5.86. The molecular weight excluding hydrogens is 278 g/mol. The van der Waals surface area contributed by atoms with Crippen LogP contribution in [0.3, 0.4) is 0 Å². The molecule has 1 aromatic carbocycles. The number of benzene rings is 1. The van der Waals surface area contributed by atoms with Crippen LogP contribution in [0.15, 0.2) is 33.7 Å². The second-order valence-corrected chi connectivity index (χ2v) is 7.15. The average Bonchev–Trinajstić information content (AvgIpc) is 2.16. The Morgan fingerprint density at radius 2 is 1.67 bits per heavy atom. The molecule has 0 saturated carbocycles. The Labute approximate surface area is 86.8 Å². The van der Waals surface area contributed by atoms with Gasteiger partial charge in [0.1, 0.15) is 0 Å². The van der Waals surface area contributed by atoms with Crippen LogP contribution in [0.1, 0.15) is 5.56 Å². The van der Waals surface area contributed by atoms with Crippen LogP contribution in [0.2, 0.25) is 11.6 Å². The summed E-state index contributed by atoms with van der Waals surface area (Å²) in [6.07, 6.45) is 2.33. The molecule has 0 aliphatic heterocycles. The van der Waals surface area contributed by atoms with Crippen molar-refractivity contribution in [1.82, 2.24) is 0 Å². The Morgan fingerprint density at radius 1 is 1.08 bits per heavy atom. The first kappa shape index (κ1) is 10.1. The molecule has 0 aromatic heterocycles. The summed E-state index contributed by atoms with van der Waals surface area (Å²) in [4.78, 5) is 0. The van der Waals surface area contributed by atoms with Gasteiger partial charge in [0, 0.05) is 0 Å². The molecule has 0 heterocycles. The summed E-state index contributed by atoms with van der Waals surface area (Å²) in [7, 11) is 0. The number of hydrogen-bond acceptors (Lipinski definition) is 0. The number of hydrogen-bond donors (Lipinski definition) is 0. The van der Waals surface area contributed by atoms with Gasteiger partial charge in [0.25, 0.3) is 0 Å². The van der Waals surface area contributed by atoms with Crippen molar-refractivity contribution in [2.75, 3.05) is 0 Å². The molecule has 1 aromatic rings. The van der Waals surface area contributed by atoms with Gasteiger partial charge >= 0.3 is 86.9 Å². The maximum absolute atomic E-state index is 2.33. The number of rotatable bonds is 3. The summed E-state index contributed by atoms with van der Waals surface area (Å²) in [5.74, 6) is 4.57. The molecule has 0 saturated heterocycles. The zero-order valence-electron chi connectivity index (χ0n) is 7.28. The van der Waals surface area contributed by atoms with E-state index in [0.717, 1.165) is 0 Å². The maximum atomic E-state index is 2.33. The molecule has 0 unspecified atom stereocenters. The Kier molecular flexibility index (Phi) is 4.71. The monoisotopic (exact) mass is 292 g/mol. The fourth-order valence-electron chi connectivity index (χ4n) is 0.887. The molecule has 0 amide bonds. The predicted molar refractivity (Wildman–Crippen MR) is 57.7 cm³/mol. The third-order valence-electron chi connectivity index (χ3n) is 1.49. The van der Waals surface area contributed by atoms with Crippen LogP contribution in [0.5, 0.6) is 0 Å². The summed E-state index contributed by atoms with van der Waals surface area (Å²) in [5, 5.41) is 0. The molecular formula is C10H12Se2. The van der Waals surface area contributed by atoms with Crippen molar-refractivity contribution < 1.29 is 0 Å². The van der Waals surface area contributed by atoms with E-state index >= 15 is 0 Å². The predicted octanol–water partition coefficient (Wildman–Crippen LogP) is 2.49. The van der Waals surface area contributed by atoms with Crippen LogP contribution >= 0.6 is 0 Å². The topological polar surface area (TPSA) is 0 Å². The fourth-order valence-corrected chi connectivity index (χ4v) is 4.12. The van der Waals surface area contributed by atoms with Crippen LogP contribution in [-0.4, -0.2) is 29.9 Å². The van der Waals surface area contributed by atoms with Gasteiger partial charge in [-0.05, 0) is 0 Å². The molecule has 0 aliphatic rings. The van der Waals surface area contributed by atoms with Crippen LogP contribution in [-0.2, 0) is 0 Å². The summed E-state index contributed by atoms with van der Waals surface area (Å²) in [5.41, 5.74) is 1.35. The quantitative estimate of drug-likeness (QED) is 0.750. The van der Waals surface area contributed by atoms with Crippen molar-refractivity contribution in [3.05, 3.63) is 39.3 Å². The molecule has 64 valence electrons. The van der Waals surface area contributed by atoms with E-state index in [4.69, 9.17) is 0 Å². The average molecular weight is 290 g/mol. The van der Waals surface area contributed by atoms with Gasteiger partial charge in [0.2, 0.25) is 0 Å². The molecule has 0 radical (unpaired) electrons. The molecule has 1 rings (SSSR count). The SMILES string of the molecule is C[Se]C(=Cc1ccccc1)[Se]C. The zero-order valence-corrected chi connectivity index (χ0v) is 10.7. The summed E-state index contributed by atoms with van der Waals surface area (Å²) in [6.45, 7) is 0. The van der Waals surface area contributed by atoms with Crippen molar-refractivity contribution in [3.8, 4) is 0 Å². The zero-order chi connectivity index (χ0) is 8.81. The van der Waals surface area contributed by atoms with Crippen LogP contribution in [0.25, 0.3) is 6.08 Å². The molecule has 0 atom stereocenters. The van der Waals surface area contributed by atoms with Gasteiger partial charge in [0.05, 0.1) is 0 Å². The standard InChI is InChI=1S/C10H12Se2/c1-11-10(12-2)8-9-6-4-3-5-7-9/h3-8H,1-2H3. The van der Waals surface area contributed by atoms with Crippen molar-refractivity contribution in [3.63, 3.8) is 0 Å². The Balaban J connectivity index is 2.79. The van der Waals surface area contributed by atoms with Crippen LogP contribution in [0, 0.1) is 0 Å². The van der Waals surface area contributed by atoms with E-state index in [2.05, 4.69) is 48.1 Å². The third-order valence-corrected chi connectivity index (χ3v) is 7.30. The van der Waals surface area contributed by atoms with E-state index in [0.29, 0.717) is 29.9 Å². The fraction of sp³-hybridized carbons (Fsp3) is 0.200. The molecule has 0 spiro atoms. The van der Waals surface area contributed by atoms with Crippen molar-refractivity contribution in [2.24, 2.45) is 0 Å². The molecule has 0 bridgehead atoms. The van der Waals surface area contributed by atoms with E-state index in [1.54, 1.807) is 3.37 Å². The van der Waals surface area contributed by atoms with E-state index in [-0.39, 0.29) is 0 Å². The Bertz CT molecular complexity index is 246. The van der Waals surface area contributed by atoms with Crippen molar-refractivity contribution in [2.45, 2.75) is 11.6 Å². The van der Waals surface area contributed by atoms with Gasteiger partial charge in [-0.2, -0.15) is 0 Å². The minimum absolute atomic E-state index is 0.685. The van der Waals surface area contributed by atoms with Gasteiger partial charge in [-0.25, -0.2) is 0 Å². The van der Waals surface area contributed by atoms with Crippen molar-refractivity contribution >= 4 is 36.0 Å². The first-order valence-electron chi connectivity index (χ1n) is 3.71. The molecule has 0 aliphatic carbocycles. The van der Waals surface area contributed by atoms with E-state index in [1.807, 2.05) is 0 Å². The normalized spacial score (nSPS) is 9.50. The van der Waals surface area contributed by atoms with Gasteiger partial charge in [-0.15, -0.1) is 0 Å². The second-order valence-electron chi connectivity index (χ2n) is 2.28. The van der Waals surface area contributed by atoms with Gasteiger partial charge in [-0.1, -0.05) is 0 Å². The van der Waals surface area contributed by atoms with Crippen molar-refractivity contribution in [1.29, 1.82) is 0 Å². The van der Waals surface area contributed by atoms with Gasteiger partial charge < -0.3 is 0 Å². The second kappa shape index (κ2) is 5.61. The Morgan fingerprint density at radius 3 is 2.17 bits per heavy atom. The van der Waals surface area contributed by atoms with E-state index in [9.17, 15) is 0 Å². The summed E-state index contributed by atoms with van der Waals surface area (Å²) < 4.78 is 1.64. The molecule has 0 fully saturated rings. The van der Waals surface area contributed by atoms with Gasteiger partial charge in [-0.3, -0.25) is 0 Å². The van der Waals surface area contributed by atoms with E-state index < -0.39 is 0 Å². The third kappa shape index (κ3) is 3.16. The van der Waals surface area contributed by atoms with Gasteiger partial charge in [0.15, 0.2) is 0 Å². The minimum atomic E-state index is 0.685. The Hall–Kier alpha value is -0.00104.